The second-order valence-electron chi connectivity index (χ2n) is 14.6. The van der Waals surface area contributed by atoms with Crippen molar-refractivity contribution in [1.29, 1.82) is 0 Å². The maximum Gasteiger partial charge on any atom is 0.332 e. The fourth-order valence-corrected chi connectivity index (χ4v) is 7.37. The molecule has 3 amide bonds. The van der Waals surface area contributed by atoms with Crippen LogP contribution < -0.4 is 10.1 Å². The van der Waals surface area contributed by atoms with Crippen molar-refractivity contribution in [1.82, 2.24) is 20.1 Å². The Hall–Kier alpha value is -4.37. The van der Waals surface area contributed by atoms with Crippen LogP contribution in [0.25, 0.3) is 10.4 Å². The maximum atomic E-state index is 14.1. The van der Waals surface area contributed by atoms with Gasteiger partial charge in [0.15, 0.2) is 0 Å². The third kappa shape index (κ3) is 10.2. The van der Waals surface area contributed by atoms with E-state index >= 15 is 0 Å². The van der Waals surface area contributed by atoms with Gasteiger partial charge in [0.2, 0.25) is 11.8 Å². The minimum atomic E-state index is -0.909. The largest absolute Gasteiger partial charge is 0.491 e. The molecular formula is C39H50N4O9S. The molecule has 0 radical (unpaired) electrons. The van der Waals surface area contributed by atoms with Crippen LogP contribution in [0.5, 0.6) is 5.75 Å². The van der Waals surface area contributed by atoms with Crippen molar-refractivity contribution >= 4 is 35.0 Å². The van der Waals surface area contributed by atoms with Gasteiger partial charge in [0, 0.05) is 37.2 Å². The van der Waals surface area contributed by atoms with Gasteiger partial charge in [0.1, 0.15) is 36.6 Å². The number of esters is 1. The van der Waals surface area contributed by atoms with E-state index in [1.54, 1.807) is 43.3 Å². The van der Waals surface area contributed by atoms with Gasteiger partial charge >= 0.3 is 5.97 Å². The molecule has 1 saturated heterocycles. The molecule has 0 spiro atoms. The molecule has 14 heteroatoms. The van der Waals surface area contributed by atoms with E-state index < -0.39 is 35.7 Å². The van der Waals surface area contributed by atoms with Gasteiger partial charge in [-0.15, -0.1) is 11.3 Å². The molecule has 0 unspecified atom stereocenters. The summed E-state index contributed by atoms with van der Waals surface area (Å²) in [6, 6.07) is 11.3. The van der Waals surface area contributed by atoms with Crippen molar-refractivity contribution in [2.24, 2.45) is 5.92 Å². The van der Waals surface area contributed by atoms with Gasteiger partial charge in [-0.2, -0.15) is 0 Å². The molecule has 0 bridgehead atoms. The number of benzene rings is 2. The minimum absolute atomic E-state index is 0.00157. The van der Waals surface area contributed by atoms with Gasteiger partial charge in [-0.1, -0.05) is 44.2 Å². The van der Waals surface area contributed by atoms with Crippen LogP contribution in [0.1, 0.15) is 68.2 Å². The number of rotatable bonds is 16. The van der Waals surface area contributed by atoms with Crippen LogP contribution in [-0.2, 0) is 41.7 Å². The predicted molar refractivity (Wildman–Crippen MR) is 198 cm³/mol. The number of fused-ring (bicyclic) bond motifs is 1. The monoisotopic (exact) mass is 750 g/mol. The number of carbonyl (C=O) groups is 4. The van der Waals surface area contributed by atoms with Crippen LogP contribution in [0.4, 0.5) is 0 Å². The maximum absolute atomic E-state index is 14.1. The van der Waals surface area contributed by atoms with Gasteiger partial charge < -0.3 is 39.2 Å². The number of hydrogen-bond donors (Lipinski definition) is 2. The fraction of sp³-hybridized carbons (Fsp3) is 0.513. The fourth-order valence-electron chi connectivity index (χ4n) is 6.57. The second kappa shape index (κ2) is 17.6. The standard InChI is InChI=1S/C39H50N4O9S/c1-24(2)34(43-20-28-9-7-8-10-30(28)37(43)47)38(48)42-21-29(44)18-31(42)36(46)40-19-27-12-11-26(35-25(3)41-23-53-35)17-32(27)51-16-15-49-13-14-50-22-33(45)52-39(4,5)6/h7-12,17,23-24,29,31,34,44H,13-16,18-22H2,1-6H3,(H,40,46)/t29-,31+,34+/m1/s1. The third-order valence-electron chi connectivity index (χ3n) is 8.96. The summed E-state index contributed by atoms with van der Waals surface area (Å²) in [4.78, 5) is 61.4. The van der Waals surface area contributed by atoms with Crippen molar-refractivity contribution in [3.8, 4) is 16.2 Å². The number of aliphatic hydroxyl groups excluding tert-OH is 1. The lowest BCUT2D eigenvalue weighted by molar-refractivity contribution is -0.160. The highest BCUT2D eigenvalue weighted by atomic mass is 32.1. The van der Waals surface area contributed by atoms with Crippen molar-refractivity contribution in [2.45, 2.75) is 84.8 Å². The molecule has 13 nitrogen and oxygen atoms in total. The Morgan fingerprint density at radius 2 is 1.79 bits per heavy atom. The van der Waals surface area contributed by atoms with E-state index in [9.17, 15) is 24.3 Å². The smallest absolute Gasteiger partial charge is 0.332 e. The Balaban J connectivity index is 1.20. The summed E-state index contributed by atoms with van der Waals surface area (Å²) in [6.45, 7) is 12.3. The lowest BCUT2D eigenvalue weighted by atomic mass is 10.0. The number of aryl methyl sites for hydroxylation is 1. The zero-order valence-electron chi connectivity index (χ0n) is 31.3. The molecule has 3 aromatic rings. The zero-order chi connectivity index (χ0) is 38.3. The Bertz CT molecular complexity index is 1770. The molecule has 286 valence electrons. The van der Waals surface area contributed by atoms with Crippen LogP contribution in [-0.4, -0.2) is 107 Å². The van der Waals surface area contributed by atoms with Gasteiger partial charge in [-0.25, -0.2) is 9.78 Å². The first kappa shape index (κ1) is 39.8. The highest BCUT2D eigenvalue weighted by Crippen LogP contribution is 2.33. The molecule has 0 aliphatic carbocycles. The van der Waals surface area contributed by atoms with Crippen LogP contribution >= 0.6 is 11.3 Å². The van der Waals surface area contributed by atoms with Gasteiger partial charge in [0.05, 0.1) is 42.0 Å². The zero-order valence-corrected chi connectivity index (χ0v) is 32.1. The summed E-state index contributed by atoms with van der Waals surface area (Å²) < 4.78 is 22.4. The summed E-state index contributed by atoms with van der Waals surface area (Å²) in [7, 11) is 0. The van der Waals surface area contributed by atoms with Crippen LogP contribution in [0.3, 0.4) is 0 Å². The number of carbonyl (C=O) groups excluding carboxylic acids is 4. The van der Waals surface area contributed by atoms with E-state index in [1.807, 2.05) is 51.1 Å². The molecule has 5 rings (SSSR count). The topological polar surface area (TPSA) is 157 Å². The molecule has 1 fully saturated rings. The summed E-state index contributed by atoms with van der Waals surface area (Å²) in [5.41, 5.74) is 5.15. The number of hydrogen-bond acceptors (Lipinski definition) is 11. The number of nitrogens with one attached hydrogen (secondary N) is 1. The second-order valence-corrected chi connectivity index (χ2v) is 15.4. The summed E-state index contributed by atoms with van der Waals surface area (Å²) in [5.74, 6) is -1.10. The molecule has 2 aliphatic heterocycles. The van der Waals surface area contributed by atoms with E-state index in [1.165, 1.54) is 16.2 Å². The van der Waals surface area contributed by atoms with Crippen LogP contribution in [0.2, 0.25) is 0 Å². The molecule has 2 N–H and O–H groups in total. The van der Waals surface area contributed by atoms with E-state index in [2.05, 4.69) is 10.3 Å². The van der Waals surface area contributed by atoms with Crippen molar-refractivity contribution < 1.29 is 43.2 Å². The highest BCUT2D eigenvalue weighted by Gasteiger charge is 2.45. The molecule has 3 heterocycles. The summed E-state index contributed by atoms with van der Waals surface area (Å²) in [6.07, 6.45) is -0.792. The molecule has 2 aromatic carbocycles. The first-order valence-corrected chi connectivity index (χ1v) is 18.8. The number of amides is 3. The quantitative estimate of drug-likeness (QED) is 0.161. The molecule has 0 saturated carbocycles. The van der Waals surface area contributed by atoms with E-state index in [-0.39, 0.29) is 70.3 Å². The first-order chi connectivity index (χ1) is 25.2. The van der Waals surface area contributed by atoms with Crippen molar-refractivity contribution in [3.05, 3.63) is 70.4 Å². The van der Waals surface area contributed by atoms with Gasteiger partial charge in [0.25, 0.3) is 5.91 Å². The van der Waals surface area contributed by atoms with Crippen LogP contribution in [0, 0.1) is 12.8 Å². The number of aromatic nitrogens is 1. The van der Waals surface area contributed by atoms with Crippen LogP contribution in [0.15, 0.2) is 48.0 Å². The lowest BCUT2D eigenvalue weighted by Crippen LogP contribution is -2.55. The average Bonchev–Trinajstić information content (AvgIpc) is 3.80. The lowest BCUT2D eigenvalue weighted by Gasteiger charge is -2.35. The van der Waals surface area contributed by atoms with Gasteiger partial charge in [-0.05, 0) is 56.9 Å². The Kier molecular flexibility index (Phi) is 13.3. The number of thiazole rings is 1. The number of ether oxygens (including phenoxy) is 4. The summed E-state index contributed by atoms with van der Waals surface area (Å²) >= 11 is 1.52. The number of nitrogens with zero attached hydrogens (tertiary/aromatic N) is 3. The Morgan fingerprint density at radius 3 is 2.49 bits per heavy atom. The number of aliphatic hydroxyl groups is 1. The van der Waals surface area contributed by atoms with E-state index in [4.69, 9.17) is 18.9 Å². The first-order valence-electron chi connectivity index (χ1n) is 17.9. The normalized spacial score (nSPS) is 17.6. The Morgan fingerprint density at radius 1 is 1.06 bits per heavy atom. The minimum Gasteiger partial charge on any atom is -0.491 e. The predicted octanol–water partition coefficient (Wildman–Crippen LogP) is 4.13. The van der Waals surface area contributed by atoms with Crippen molar-refractivity contribution in [2.75, 3.05) is 39.6 Å². The van der Waals surface area contributed by atoms with Gasteiger partial charge in [-0.3, -0.25) is 14.4 Å². The van der Waals surface area contributed by atoms with Crippen molar-refractivity contribution in [3.63, 3.8) is 0 Å². The SMILES string of the molecule is Cc1ncsc1-c1ccc(CNC(=O)[C@@H]2C[C@@H](O)CN2C(=O)[C@H](C(C)C)N2Cc3ccccc3C2=O)c(OCCOCCOCC(=O)OC(C)(C)C)c1. The molecular weight excluding hydrogens is 701 g/mol. The number of likely N-dealkylation sites (tertiary alicyclic amines) is 1. The number of β-amino-alcohol motifs (C(OH)–C–C–N with tert-alkyl or cyclic N) is 1. The molecule has 53 heavy (non-hydrogen) atoms. The molecule has 2 aliphatic rings. The van der Waals surface area contributed by atoms with E-state index in [0.29, 0.717) is 23.4 Å². The third-order valence-corrected chi connectivity index (χ3v) is 9.94. The Labute approximate surface area is 314 Å². The van der Waals surface area contributed by atoms with E-state index in [0.717, 1.165) is 21.7 Å². The molecule has 3 atom stereocenters. The highest BCUT2D eigenvalue weighted by molar-refractivity contribution is 7.13. The summed E-state index contributed by atoms with van der Waals surface area (Å²) in [5, 5.41) is 13.6. The average molecular weight is 751 g/mol. The molecule has 1 aromatic heterocycles.